The van der Waals surface area contributed by atoms with E-state index in [0.717, 1.165) is 29.7 Å². The highest BCUT2D eigenvalue weighted by atomic mass is 35.5. The SMILES string of the molecule is CC1CCC(Cl)=C1C=O. The van der Waals surface area contributed by atoms with Crippen molar-refractivity contribution >= 4 is 17.9 Å². The predicted octanol–water partition coefficient (Wildman–Crippen LogP) is 2.11. The summed E-state index contributed by atoms with van der Waals surface area (Å²) in [7, 11) is 0. The van der Waals surface area contributed by atoms with Crippen LogP contribution in [0.5, 0.6) is 0 Å². The summed E-state index contributed by atoms with van der Waals surface area (Å²) >= 11 is 5.72. The van der Waals surface area contributed by atoms with Crippen LogP contribution in [-0.2, 0) is 4.79 Å². The Hall–Kier alpha value is -0.300. The van der Waals surface area contributed by atoms with Crippen molar-refractivity contribution in [2.75, 3.05) is 0 Å². The van der Waals surface area contributed by atoms with E-state index in [1.54, 1.807) is 0 Å². The number of rotatable bonds is 1. The molecule has 9 heavy (non-hydrogen) atoms. The summed E-state index contributed by atoms with van der Waals surface area (Å²) in [4.78, 5) is 10.3. The third-order valence-electron chi connectivity index (χ3n) is 1.77. The molecule has 1 atom stereocenters. The van der Waals surface area contributed by atoms with E-state index in [-0.39, 0.29) is 0 Å². The van der Waals surface area contributed by atoms with Gasteiger partial charge < -0.3 is 0 Å². The molecular formula is C7H9ClO. The molecule has 50 valence electrons. The quantitative estimate of drug-likeness (QED) is 0.516. The zero-order valence-corrected chi connectivity index (χ0v) is 6.11. The summed E-state index contributed by atoms with van der Waals surface area (Å²) < 4.78 is 0. The summed E-state index contributed by atoms with van der Waals surface area (Å²) in [5, 5.41) is 0.762. The van der Waals surface area contributed by atoms with E-state index >= 15 is 0 Å². The second-order valence-corrected chi connectivity index (χ2v) is 2.87. The molecule has 2 heteroatoms. The molecule has 0 saturated heterocycles. The van der Waals surface area contributed by atoms with Gasteiger partial charge in [0.05, 0.1) is 0 Å². The van der Waals surface area contributed by atoms with Crippen LogP contribution in [-0.4, -0.2) is 6.29 Å². The van der Waals surface area contributed by atoms with Gasteiger partial charge in [-0.25, -0.2) is 0 Å². The van der Waals surface area contributed by atoms with Gasteiger partial charge in [0, 0.05) is 10.6 Å². The summed E-state index contributed by atoms with van der Waals surface area (Å²) in [6.45, 7) is 2.03. The van der Waals surface area contributed by atoms with Crippen LogP contribution in [0.2, 0.25) is 0 Å². The van der Waals surface area contributed by atoms with Crippen molar-refractivity contribution in [3.05, 3.63) is 10.6 Å². The highest BCUT2D eigenvalue weighted by Gasteiger charge is 2.19. The van der Waals surface area contributed by atoms with Gasteiger partial charge >= 0.3 is 0 Å². The lowest BCUT2D eigenvalue weighted by Gasteiger charge is -1.97. The molecule has 0 fully saturated rings. The third kappa shape index (κ3) is 1.16. The number of carbonyl (C=O) groups excluding carboxylic acids is 1. The molecule has 0 amide bonds. The molecule has 0 aromatic rings. The van der Waals surface area contributed by atoms with Gasteiger partial charge in [0.2, 0.25) is 0 Å². The minimum Gasteiger partial charge on any atom is -0.298 e. The largest absolute Gasteiger partial charge is 0.298 e. The average molecular weight is 145 g/mol. The normalized spacial score (nSPS) is 27.1. The Bertz CT molecular complexity index is 160. The lowest BCUT2D eigenvalue weighted by molar-refractivity contribution is -0.105. The first kappa shape index (κ1) is 6.81. The van der Waals surface area contributed by atoms with Crippen LogP contribution in [0, 0.1) is 5.92 Å². The van der Waals surface area contributed by atoms with Crippen molar-refractivity contribution in [2.24, 2.45) is 5.92 Å². The summed E-state index contributed by atoms with van der Waals surface area (Å²) in [6.07, 6.45) is 2.80. The highest BCUT2D eigenvalue weighted by Crippen LogP contribution is 2.32. The smallest absolute Gasteiger partial charge is 0.147 e. The molecule has 1 nitrogen and oxygen atoms in total. The van der Waals surface area contributed by atoms with Crippen molar-refractivity contribution in [1.29, 1.82) is 0 Å². The molecule has 0 aliphatic heterocycles. The molecule has 0 N–H and O–H groups in total. The fraction of sp³-hybridized carbons (Fsp3) is 0.571. The van der Waals surface area contributed by atoms with E-state index in [1.807, 2.05) is 6.92 Å². The van der Waals surface area contributed by atoms with Gasteiger partial charge in [-0.15, -0.1) is 0 Å². The Morgan fingerprint density at radius 3 is 2.67 bits per heavy atom. The molecule has 1 aliphatic rings. The maximum Gasteiger partial charge on any atom is 0.147 e. The van der Waals surface area contributed by atoms with E-state index in [0.29, 0.717) is 5.92 Å². The number of aldehydes is 1. The topological polar surface area (TPSA) is 17.1 Å². The number of hydrogen-bond acceptors (Lipinski definition) is 1. The Labute approximate surface area is 59.7 Å². The van der Waals surface area contributed by atoms with E-state index < -0.39 is 0 Å². The summed E-state index contributed by atoms with van der Waals surface area (Å²) in [5.74, 6) is 0.384. The second kappa shape index (κ2) is 2.53. The van der Waals surface area contributed by atoms with Gasteiger partial charge in [0.15, 0.2) is 0 Å². The van der Waals surface area contributed by atoms with Crippen molar-refractivity contribution in [3.63, 3.8) is 0 Å². The van der Waals surface area contributed by atoms with Crippen molar-refractivity contribution in [3.8, 4) is 0 Å². The lowest BCUT2D eigenvalue weighted by atomic mass is 10.1. The second-order valence-electron chi connectivity index (χ2n) is 2.42. The first-order chi connectivity index (χ1) is 4.25. The van der Waals surface area contributed by atoms with Crippen LogP contribution in [0.1, 0.15) is 19.8 Å². The molecule has 0 bridgehead atoms. The standard InChI is InChI=1S/C7H9ClO/c1-5-2-3-7(8)6(5)4-9/h4-5H,2-3H2,1H3. The van der Waals surface area contributed by atoms with E-state index in [9.17, 15) is 4.79 Å². The predicted molar refractivity (Wildman–Crippen MR) is 37.3 cm³/mol. The van der Waals surface area contributed by atoms with Gasteiger partial charge in [-0.05, 0) is 18.8 Å². The maximum absolute atomic E-state index is 10.3. The zero-order valence-electron chi connectivity index (χ0n) is 5.36. The monoisotopic (exact) mass is 144 g/mol. The molecule has 0 radical (unpaired) electrons. The third-order valence-corrected chi connectivity index (χ3v) is 2.18. The fourth-order valence-corrected chi connectivity index (χ4v) is 1.43. The molecule has 0 aromatic heterocycles. The van der Waals surface area contributed by atoms with Gasteiger partial charge in [-0.1, -0.05) is 18.5 Å². The summed E-state index contributed by atoms with van der Waals surface area (Å²) in [5.41, 5.74) is 0.802. The Morgan fingerprint density at radius 1 is 1.78 bits per heavy atom. The van der Waals surface area contributed by atoms with Gasteiger partial charge in [-0.3, -0.25) is 4.79 Å². The molecule has 1 aliphatic carbocycles. The fourth-order valence-electron chi connectivity index (χ4n) is 1.09. The minimum atomic E-state index is 0.384. The van der Waals surface area contributed by atoms with Crippen molar-refractivity contribution < 1.29 is 4.79 Å². The zero-order chi connectivity index (χ0) is 6.85. The Kier molecular flexibility index (Phi) is 1.91. The molecule has 0 spiro atoms. The molecule has 0 saturated carbocycles. The Morgan fingerprint density at radius 2 is 2.44 bits per heavy atom. The molecule has 1 unspecified atom stereocenters. The highest BCUT2D eigenvalue weighted by molar-refractivity contribution is 6.31. The number of carbonyl (C=O) groups is 1. The number of allylic oxidation sites excluding steroid dienone is 2. The van der Waals surface area contributed by atoms with Crippen LogP contribution in [0.3, 0.4) is 0 Å². The van der Waals surface area contributed by atoms with Gasteiger partial charge in [0.1, 0.15) is 6.29 Å². The van der Waals surface area contributed by atoms with Gasteiger partial charge in [0.25, 0.3) is 0 Å². The first-order valence-corrected chi connectivity index (χ1v) is 3.47. The molecule has 0 aromatic carbocycles. The lowest BCUT2D eigenvalue weighted by Crippen LogP contribution is -1.92. The van der Waals surface area contributed by atoms with Crippen LogP contribution >= 0.6 is 11.6 Å². The van der Waals surface area contributed by atoms with Crippen molar-refractivity contribution in [1.82, 2.24) is 0 Å². The van der Waals surface area contributed by atoms with E-state index in [2.05, 4.69) is 0 Å². The summed E-state index contributed by atoms with van der Waals surface area (Å²) in [6, 6.07) is 0. The van der Waals surface area contributed by atoms with Gasteiger partial charge in [-0.2, -0.15) is 0 Å². The average Bonchev–Trinajstić information content (AvgIpc) is 2.12. The number of halogens is 1. The van der Waals surface area contributed by atoms with Crippen molar-refractivity contribution in [2.45, 2.75) is 19.8 Å². The van der Waals surface area contributed by atoms with Crippen LogP contribution < -0.4 is 0 Å². The van der Waals surface area contributed by atoms with Crippen LogP contribution in [0.25, 0.3) is 0 Å². The number of hydrogen-bond donors (Lipinski definition) is 0. The van der Waals surface area contributed by atoms with E-state index in [4.69, 9.17) is 11.6 Å². The Balaban J connectivity index is 2.81. The van der Waals surface area contributed by atoms with Crippen LogP contribution in [0.15, 0.2) is 10.6 Å². The van der Waals surface area contributed by atoms with E-state index in [1.165, 1.54) is 0 Å². The molecule has 0 heterocycles. The molecule has 1 rings (SSSR count). The molecular weight excluding hydrogens is 136 g/mol. The first-order valence-electron chi connectivity index (χ1n) is 3.09. The van der Waals surface area contributed by atoms with Crippen LogP contribution in [0.4, 0.5) is 0 Å². The maximum atomic E-state index is 10.3. The minimum absolute atomic E-state index is 0.384.